The maximum Gasteiger partial charge on any atom is 0.308 e. The minimum absolute atomic E-state index is 0.00699. The second-order valence-electron chi connectivity index (χ2n) is 12.3. The van der Waals surface area contributed by atoms with Crippen molar-refractivity contribution in [2.45, 2.75) is 90.6 Å². The Bertz CT molecular complexity index is 787. The van der Waals surface area contributed by atoms with E-state index in [1.807, 2.05) is 20.8 Å². The lowest BCUT2D eigenvalue weighted by molar-refractivity contribution is -0.157. The summed E-state index contributed by atoms with van der Waals surface area (Å²) in [5, 5.41) is 8.86. The molecule has 4 atom stereocenters. The van der Waals surface area contributed by atoms with Crippen molar-refractivity contribution in [3.63, 3.8) is 0 Å². The fourth-order valence-corrected chi connectivity index (χ4v) is 7.47. The van der Waals surface area contributed by atoms with Gasteiger partial charge in [0.25, 0.3) is 0 Å². The summed E-state index contributed by atoms with van der Waals surface area (Å²) in [6.45, 7) is 5.69. The van der Waals surface area contributed by atoms with Crippen LogP contribution in [0.5, 0.6) is 0 Å². The first-order chi connectivity index (χ1) is 16.9. The molecule has 0 spiro atoms. The molecule has 4 unspecified atom stereocenters. The van der Waals surface area contributed by atoms with E-state index in [1.165, 1.54) is 14.2 Å². The van der Waals surface area contributed by atoms with Crippen LogP contribution in [0.2, 0.25) is 0 Å². The Morgan fingerprint density at radius 2 is 1.06 bits per heavy atom. The maximum absolute atomic E-state index is 12.0. The topological polar surface area (TPSA) is 116 Å². The molecular formula is C28H44O8. The van der Waals surface area contributed by atoms with Crippen molar-refractivity contribution in [1.82, 2.24) is 0 Å². The lowest BCUT2D eigenvalue weighted by Gasteiger charge is -2.34. The number of methoxy groups -OCH3 is 2. The zero-order chi connectivity index (χ0) is 26.6. The predicted octanol–water partition coefficient (Wildman–Crippen LogP) is 4.63. The van der Waals surface area contributed by atoms with Gasteiger partial charge < -0.3 is 19.3 Å². The van der Waals surface area contributed by atoms with Crippen molar-refractivity contribution in [2.24, 2.45) is 47.3 Å². The molecule has 4 bridgehead atoms. The number of esters is 3. The van der Waals surface area contributed by atoms with E-state index in [4.69, 9.17) is 19.3 Å². The van der Waals surface area contributed by atoms with Crippen LogP contribution < -0.4 is 0 Å². The Morgan fingerprint density at radius 1 is 0.694 bits per heavy atom. The molecule has 8 nitrogen and oxygen atoms in total. The van der Waals surface area contributed by atoms with Crippen LogP contribution in [0.25, 0.3) is 0 Å². The number of carboxylic acid groups (broad SMARTS) is 1. The molecule has 0 aromatic carbocycles. The van der Waals surface area contributed by atoms with Crippen LogP contribution in [0, 0.1) is 47.3 Å². The van der Waals surface area contributed by atoms with E-state index in [0.29, 0.717) is 41.9 Å². The Labute approximate surface area is 214 Å². The lowest BCUT2D eigenvalue weighted by atomic mass is 9.72. The van der Waals surface area contributed by atoms with Crippen LogP contribution in [0.4, 0.5) is 0 Å². The molecule has 0 heterocycles. The Morgan fingerprint density at radius 3 is 1.36 bits per heavy atom. The third-order valence-corrected chi connectivity index (χ3v) is 8.89. The van der Waals surface area contributed by atoms with E-state index < -0.39 is 11.6 Å². The zero-order valence-electron chi connectivity index (χ0n) is 22.5. The number of aliphatic carboxylic acids is 1. The zero-order valence-corrected chi connectivity index (χ0v) is 22.5. The first-order valence-corrected chi connectivity index (χ1v) is 13.5. The molecule has 4 fully saturated rings. The van der Waals surface area contributed by atoms with Crippen LogP contribution in [-0.4, -0.2) is 48.8 Å². The molecule has 4 rings (SSSR count). The van der Waals surface area contributed by atoms with E-state index in [0.717, 1.165) is 51.4 Å². The molecule has 4 saturated carbocycles. The molecule has 1 N–H and O–H groups in total. The Kier molecular flexibility index (Phi) is 9.44. The smallest absolute Gasteiger partial charge is 0.308 e. The normalized spacial score (nSPS) is 34.7. The van der Waals surface area contributed by atoms with Crippen LogP contribution in [0.15, 0.2) is 0 Å². The molecule has 36 heavy (non-hydrogen) atoms. The van der Waals surface area contributed by atoms with Crippen LogP contribution in [0.3, 0.4) is 0 Å². The Balaban J connectivity index is 0.000000205. The second kappa shape index (κ2) is 12.0. The van der Waals surface area contributed by atoms with Gasteiger partial charge in [0.15, 0.2) is 0 Å². The number of fused-ring (bicyclic) bond motifs is 4. The van der Waals surface area contributed by atoms with Gasteiger partial charge in [-0.2, -0.15) is 0 Å². The molecule has 4 aliphatic rings. The molecular weight excluding hydrogens is 464 g/mol. The average Bonchev–Trinajstić information content (AvgIpc) is 3.15. The van der Waals surface area contributed by atoms with Gasteiger partial charge >= 0.3 is 23.9 Å². The number of hydrogen-bond donors (Lipinski definition) is 1. The van der Waals surface area contributed by atoms with E-state index in [2.05, 4.69) is 0 Å². The Hall–Kier alpha value is -2.12. The van der Waals surface area contributed by atoms with Gasteiger partial charge in [0.1, 0.15) is 5.60 Å². The quantitative estimate of drug-likeness (QED) is 0.408. The van der Waals surface area contributed by atoms with Gasteiger partial charge in [-0.05, 0) is 108 Å². The van der Waals surface area contributed by atoms with Gasteiger partial charge in [-0.25, -0.2) is 0 Å². The van der Waals surface area contributed by atoms with Gasteiger partial charge in [-0.3, -0.25) is 19.2 Å². The van der Waals surface area contributed by atoms with Crippen molar-refractivity contribution in [2.75, 3.05) is 14.2 Å². The predicted molar refractivity (Wildman–Crippen MR) is 132 cm³/mol. The van der Waals surface area contributed by atoms with E-state index in [-0.39, 0.29) is 36.2 Å². The number of hydrogen-bond acceptors (Lipinski definition) is 7. The van der Waals surface area contributed by atoms with Gasteiger partial charge in [-0.15, -0.1) is 0 Å². The molecule has 204 valence electrons. The fourth-order valence-electron chi connectivity index (χ4n) is 7.47. The average molecular weight is 509 g/mol. The summed E-state index contributed by atoms with van der Waals surface area (Å²) >= 11 is 0. The maximum atomic E-state index is 12.0. The largest absolute Gasteiger partial charge is 0.481 e. The summed E-state index contributed by atoms with van der Waals surface area (Å²) in [6, 6.07) is 0. The van der Waals surface area contributed by atoms with Gasteiger partial charge in [0.05, 0.1) is 26.1 Å². The van der Waals surface area contributed by atoms with Gasteiger partial charge in [0, 0.05) is 12.8 Å². The standard InChI is InChI=1S/C16H26O4.C12H18O4/c1-16(2,3)20-14(17)9-13-10-5-6-11(13)8-12(7-10)15(18)19-4;1-16-12(15)9-4-7-2-3-8(5-9)10(7)6-11(13)14/h10-13H,5-9H2,1-4H3;7-10H,2-6H2,1H3,(H,13,14). The van der Waals surface area contributed by atoms with Gasteiger partial charge in [-0.1, -0.05) is 0 Å². The number of rotatable bonds is 6. The molecule has 0 aliphatic heterocycles. The fraction of sp³-hybridized carbons (Fsp3) is 0.857. The molecule has 0 radical (unpaired) electrons. The van der Waals surface area contributed by atoms with Crippen molar-refractivity contribution >= 4 is 23.9 Å². The summed E-state index contributed by atoms with van der Waals surface area (Å²) in [5.74, 6) is 1.50. The molecule has 4 aliphatic carbocycles. The molecule has 0 saturated heterocycles. The third kappa shape index (κ3) is 7.22. The summed E-state index contributed by atoms with van der Waals surface area (Å²) in [7, 11) is 2.88. The van der Waals surface area contributed by atoms with E-state index >= 15 is 0 Å². The summed E-state index contributed by atoms with van der Waals surface area (Å²) in [5.41, 5.74) is -0.417. The van der Waals surface area contributed by atoms with Crippen LogP contribution >= 0.6 is 0 Å². The van der Waals surface area contributed by atoms with Crippen molar-refractivity contribution in [3.05, 3.63) is 0 Å². The van der Waals surface area contributed by atoms with Crippen molar-refractivity contribution < 1.29 is 38.5 Å². The minimum Gasteiger partial charge on any atom is -0.481 e. The number of carbonyl (C=O) groups excluding carboxylic acids is 3. The first-order valence-electron chi connectivity index (χ1n) is 13.5. The minimum atomic E-state index is -0.710. The van der Waals surface area contributed by atoms with E-state index in [9.17, 15) is 19.2 Å². The van der Waals surface area contributed by atoms with Crippen LogP contribution in [0.1, 0.15) is 85.0 Å². The highest BCUT2D eigenvalue weighted by Crippen LogP contribution is 2.51. The molecule has 8 heteroatoms. The molecule has 0 aromatic rings. The summed E-state index contributed by atoms with van der Waals surface area (Å²) in [4.78, 5) is 45.9. The highest BCUT2D eigenvalue weighted by molar-refractivity contribution is 5.73. The summed E-state index contributed by atoms with van der Waals surface area (Å²) < 4.78 is 15.1. The van der Waals surface area contributed by atoms with Crippen molar-refractivity contribution in [1.29, 1.82) is 0 Å². The van der Waals surface area contributed by atoms with E-state index in [1.54, 1.807) is 0 Å². The number of ether oxygens (including phenoxy) is 3. The molecule has 0 aromatic heterocycles. The number of carboxylic acids is 1. The first kappa shape index (κ1) is 28.5. The lowest BCUT2D eigenvalue weighted by Crippen LogP contribution is -2.34. The molecule has 0 amide bonds. The third-order valence-electron chi connectivity index (χ3n) is 8.89. The SMILES string of the molecule is COC(=O)C1CC2CCC(C1)C2CC(=O)O.COC(=O)C1CC2CCC(C1)C2CC(=O)OC(C)(C)C. The van der Waals surface area contributed by atoms with Gasteiger partial charge in [0.2, 0.25) is 0 Å². The second-order valence-corrected chi connectivity index (χ2v) is 12.3. The highest BCUT2D eigenvalue weighted by atomic mass is 16.6. The number of carbonyl (C=O) groups is 4. The highest BCUT2D eigenvalue weighted by Gasteiger charge is 2.46. The summed E-state index contributed by atoms with van der Waals surface area (Å²) in [6.07, 6.45) is 8.57. The van der Waals surface area contributed by atoms with Crippen LogP contribution in [-0.2, 0) is 33.4 Å². The monoisotopic (exact) mass is 508 g/mol. The van der Waals surface area contributed by atoms with Crippen molar-refractivity contribution in [3.8, 4) is 0 Å².